The van der Waals surface area contributed by atoms with Crippen LogP contribution in [0.25, 0.3) is 0 Å². The average molecular weight is 421 g/mol. The molecule has 7 heteroatoms. The number of hydrogen-bond donors (Lipinski definition) is 2. The van der Waals surface area contributed by atoms with E-state index in [0.29, 0.717) is 17.8 Å². The van der Waals surface area contributed by atoms with Gasteiger partial charge in [0.05, 0.1) is 5.56 Å². The van der Waals surface area contributed by atoms with Gasteiger partial charge >= 0.3 is 0 Å². The molecular weight excluding hydrogens is 401 g/mol. The zero-order valence-corrected chi connectivity index (χ0v) is 17.1. The zero-order valence-electron chi connectivity index (χ0n) is 16.3. The van der Waals surface area contributed by atoms with E-state index in [2.05, 4.69) is 10.6 Å². The Hall–Kier alpha value is -3.58. The zero-order chi connectivity index (χ0) is 21.5. The van der Waals surface area contributed by atoms with E-state index in [1.54, 1.807) is 35.2 Å². The number of nitrogens with zero attached hydrogens (tertiary/aromatic N) is 1. The summed E-state index contributed by atoms with van der Waals surface area (Å²) in [5.41, 5.74) is 1.70. The van der Waals surface area contributed by atoms with Gasteiger partial charge in [0.2, 0.25) is 0 Å². The molecule has 0 saturated carbocycles. The van der Waals surface area contributed by atoms with Crippen molar-refractivity contribution in [3.63, 3.8) is 0 Å². The highest BCUT2D eigenvalue weighted by molar-refractivity contribution is 7.80. The summed E-state index contributed by atoms with van der Waals surface area (Å²) in [6, 6.07) is 21.8. The number of nitrogens with one attached hydrogen (secondary N) is 2. The fourth-order valence-electron chi connectivity index (χ4n) is 2.92. The monoisotopic (exact) mass is 421 g/mol. The van der Waals surface area contributed by atoms with E-state index in [4.69, 9.17) is 12.2 Å². The highest BCUT2D eigenvalue weighted by Gasteiger charge is 2.17. The molecule has 3 aromatic rings. The largest absolute Gasteiger partial charge is 0.332 e. The highest BCUT2D eigenvalue weighted by Crippen LogP contribution is 2.19. The molecule has 0 atom stereocenters. The Morgan fingerprint density at radius 3 is 2.37 bits per heavy atom. The maximum absolute atomic E-state index is 13.7. The van der Waals surface area contributed by atoms with Gasteiger partial charge in [-0.05, 0) is 61.6 Å². The van der Waals surface area contributed by atoms with Crippen molar-refractivity contribution in [1.82, 2.24) is 5.32 Å². The van der Waals surface area contributed by atoms with Crippen LogP contribution in [0, 0.1) is 5.82 Å². The molecule has 0 unspecified atom stereocenters. The molecule has 3 aromatic carbocycles. The van der Waals surface area contributed by atoms with Crippen molar-refractivity contribution >= 4 is 40.5 Å². The second kappa shape index (κ2) is 9.76. The number of rotatable bonds is 5. The van der Waals surface area contributed by atoms with Crippen molar-refractivity contribution in [3.8, 4) is 0 Å². The van der Waals surface area contributed by atoms with E-state index in [9.17, 15) is 14.0 Å². The van der Waals surface area contributed by atoms with Crippen LogP contribution in [0.2, 0.25) is 0 Å². The third-order valence-corrected chi connectivity index (χ3v) is 4.55. The summed E-state index contributed by atoms with van der Waals surface area (Å²) in [6.45, 7) is 2.41. The number of carbonyl (C=O) groups excluding carboxylic acids is 2. The number of para-hydroxylation sites is 1. The highest BCUT2D eigenvalue weighted by atomic mass is 32.1. The molecule has 0 heterocycles. The standard InChI is InChI=1S/C23H20FN3O2S/c1-2-27(18-11-4-3-5-12-18)22(29)16-9-8-10-17(15-16)25-23(30)26-21(28)19-13-6-7-14-20(19)24/h3-15H,2H2,1H3,(H2,25,26,28,30). The van der Waals surface area contributed by atoms with Crippen molar-refractivity contribution in [2.75, 3.05) is 16.8 Å². The summed E-state index contributed by atoms with van der Waals surface area (Å²) in [7, 11) is 0. The van der Waals surface area contributed by atoms with E-state index in [1.807, 2.05) is 37.3 Å². The number of benzene rings is 3. The molecule has 30 heavy (non-hydrogen) atoms. The maximum Gasteiger partial charge on any atom is 0.260 e. The fourth-order valence-corrected chi connectivity index (χ4v) is 3.13. The Kier molecular flexibility index (Phi) is 6.87. The topological polar surface area (TPSA) is 61.4 Å². The lowest BCUT2D eigenvalue weighted by molar-refractivity contribution is 0.0970. The molecule has 0 saturated heterocycles. The van der Waals surface area contributed by atoms with Gasteiger partial charge in [0.15, 0.2) is 5.11 Å². The molecule has 0 radical (unpaired) electrons. The van der Waals surface area contributed by atoms with Crippen LogP contribution in [-0.2, 0) is 0 Å². The number of amides is 2. The van der Waals surface area contributed by atoms with Gasteiger partial charge in [0, 0.05) is 23.5 Å². The minimum Gasteiger partial charge on any atom is -0.332 e. The lowest BCUT2D eigenvalue weighted by atomic mass is 10.1. The molecule has 2 amide bonds. The molecule has 0 aromatic heterocycles. The first-order chi connectivity index (χ1) is 14.5. The smallest absolute Gasteiger partial charge is 0.260 e. The van der Waals surface area contributed by atoms with Gasteiger partial charge in [0.1, 0.15) is 5.82 Å². The Morgan fingerprint density at radius 1 is 0.967 bits per heavy atom. The Balaban J connectivity index is 1.70. The van der Waals surface area contributed by atoms with Gasteiger partial charge in [-0.1, -0.05) is 36.4 Å². The second-order valence-corrected chi connectivity index (χ2v) is 6.76. The third-order valence-electron chi connectivity index (χ3n) is 4.34. The van der Waals surface area contributed by atoms with E-state index < -0.39 is 11.7 Å². The summed E-state index contributed by atoms with van der Waals surface area (Å²) < 4.78 is 13.7. The third kappa shape index (κ3) is 5.07. The molecule has 5 nitrogen and oxygen atoms in total. The number of anilines is 2. The van der Waals surface area contributed by atoms with E-state index in [-0.39, 0.29) is 16.6 Å². The minimum absolute atomic E-state index is 0.00302. The summed E-state index contributed by atoms with van der Waals surface area (Å²) in [5, 5.41) is 5.30. The normalized spacial score (nSPS) is 10.2. The quantitative estimate of drug-likeness (QED) is 0.590. The molecule has 0 aliphatic carbocycles. The fraction of sp³-hybridized carbons (Fsp3) is 0.0870. The van der Waals surface area contributed by atoms with Crippen LogP contribution in [0.4, 0.5) is 15.8 Å². The van der Waals surface area contributed by atoms with Gasteiger partial charge < -0.3 is 10.2 Å². The van der Waals surface area contributed by atoms with Crippen LogP contribution in [0.5, 0.6) is 0 Å². The predicted molar refractivity (Wildman–Crippen MR) is 120 cm³/mol. The van der Waals surface area contributed by atoms with Crippen LogP contribution in [0.1, 0.15) is 27.6 Å². The molecule has 2 N–H and O–H groups in total. The number of halogens is 1. The molecule has 0 aliphatic heterocycles. The molecule has 3 rings (SSSR count). The SMILES string of the molecule is CCN(C(=O)c1cccc(NC(=S)NC(=O)c2ccccc2F)c1)c1ccccc1. The van der Waals surface area contributed by atoms with Gasteiger partial charge in [-0.25, -0.2) is 4.39 Å². The van der Waals surface area contributed by atoms with Crippen molar-refractivity contribution in [2.24, 2.45) is 0 Å². The average Bonchev–Trinajstić information content (AvgIpc) is 2.75. The van der Waals surface area contributed by atoms with E-state index >= 15 is 0 Å². The van der Waals surface area contributed by atoms with Crippen LogP contribution in [0.3, 0.4) is 0 Å². The van der Waals surface area contributed by atoms with Crippen molar-refractivity contribution < 1.29 is 14.0 Å². The summed E-state index contributed by atoms with van der Waals surface area (Å²) in [4.78, 5) is 26.8. The Morgan fingerprint density at radius 2 is 1.67 bits per heavy atom. The van der Waals surface area contributed by atoms with Crippen LogP contribution >= 0.6 is 12.2 Å². The molecule has 0 fully saturated rings. The number of hydrogen-bond acceptors (Lipinski definition) is 3. The molecule has 0 aliphatic rings. The first-order valence-electron chi connectivity index (χ1n) is 9.33. The van der Waals surface area contributed by atoms with Crippen LogP contribution in [-0.4, -0.2) is 23.5 Å². The van der Waals surface area contributed by atoms with Crippen LogP contribution in [0.15, 0.2) is 78.9 Å². The Labute approximate surface area is 179 Å². The lowest BCUT2D eigenvalue weighted by Gasteiger charge is -2.21. The van der Waals surface area contributed by atoms with Crippen molar-refractivity contribution in [1.29, 1.82) is 0 Å². The lowest BCUT2D eigenvalue weighted by Crippen LogP contribution is -2.34. The molecule has 152 valence electrons. The van der Waals surface area contributed by atoms with Crippen LogP contribution < -0.4 is 15.5 Å². The molecular formula is C23H20FN3O2S. The maximum atomic E-state index is 13.7. The summed E-state index contributed by atoms with van der Waals surface area (Å²) >= 11 is 5.15. The van der Waals surface area contributed by atoms with Crippen molar-refractivity contribution in [3.05, 3.63) is 95.8 Å². The molecule has 0 spiro atoms. The first kappa shape index (κ1) is 21.1. The summed E-state index contributed by atoms with van der Waals surface area (Å²) in [6.07, 6.45) is 0. The van der Waals surface area contributed by atoms with E-state index in [0.717, 1.165) is 5.69 Å². The first-order valence-corrected chi connectivity index (χ1v) is 9.74. The van der Waals surface area contributed by atoms with Crippen molar-refractivity contribution in [2.45, 2.75) is 6.92 Å². The number of carbonyl (C=O) groups is 2. The van der Waals surface area contributed by atoms with Gasteiger partial charge in [-0.2, -0.15) is 0 Å². The summed E-state index contributed by atoms with van der Waals surface area (Å²) in [5.74, 6) is -1.45. The van der Waals surface area contributed by atoms with Gasteiger partial charge in [0.25, 0.3) is 11.8 Å². The molecule has 0 bridgehead atoms. The minimum atomic E-state index is -0.654. The predicted octanol–water partition coefficient (Wildman–Crippen LogP) is 4.62. The second-order valence-electron chi connectivity index (χ2n) is 6.35. The Bertz CT molecular complexity index is 1070. The van der Waals surface area contributed by atoms with E-state index in [1.165, 1.54) is 18.2 Å². The van der Waals surface area contributed by atoms with Gasteiger partial charge in [-0.3, -0.25) is 14.9 Å². The number of thiocarbonyl (C=S) groups is 1. The van der Waals surface area contributed by atoms with Gasteiger partial charge in [-0.15, -0.1) is 0 Å².